The van der Waals surface area contributed by atoms with E-state index >= 15 is 0 Å². The number of rotatable bonds is 1. The number of benzene rings is 1. The van der Waals surface area contributed by atoms with Crippen molar-refractivity contribution in [3.8, 4) is 5.75 Å². The Labute approximate surface area is 104 Å². The predicted molar refractivity (Wildman–Crippen MR) is 68.9 cm³/mol. The van der Waals surface area contributed by atoms with Crippen LogP contribution in [0.25, 0.3) is 0 Å². The molecule has 1 heterocycles. The summed E-state index contributed by atoms with van der Waals surface area (Å²) in [6, 6.07) is 2.02. The predicted octanol–water partition coefficient (Wildman–Crippen LogP) is 2.01. The molecular formula is C12H17BrN2O. The van der Waals surface area contributed by atoms with Gasteiger partial charge in [0.1, 0.15) is 5.75 Å². The number of aromatic hydroxyl groups is 1. The molecule has 0 amide bonds. The fourth-order valence-electron chi connectivity index (χ4n) is 2.25. The molecule has 1 aliphatic heterocycles. The summed E-state index contributed by atoms with van der Waals surface area (Å²) < 4.78 is 1.09. The minimum atomic E-state index is 0.200. The Balaban J connectivity index is 2.42. The van der Waals surface area contributed by atoms with E-state index in [4.69, 9.17) is 0 Å². The Hall–Kier alpha value is -0.580. The minimum Gasteiger partial charge on any atom is -0.508 e. The molecule has 16 heavy (non-hydrogen) atoms. The van der Waals surface area contributed by atoms with Crippen LogP contribution in [0.15, 0.2) is 10.5 Å². The maximum atomic E-state index is 10.1. The average Bonchev–Trinajstić information content (AvgIpc) is 2.28. The molecular weight excluding hydrogens is 268 g/mol. The second-order valence-corrected chi connectivity index (χ2v) is 5.07. The largest absolute Gasteiger partial charge is 0.508 e. The quantitative estimate of drug-likeness (QED) is 0.739. The fraction of sp³-hybridized carbons (Fsp3) is 0.500. The molecule has 0 saturated carbocycles. The molecule has 0 aliphatic carbocycles. The smallest absolute Gasteiger partial charge is 0.121 e. The van der Waals surface area contributed by atoms with Gasteiger partial charge >= 0.3 is 0 Å². The summed E-state index contributed by atoms with van der Waals surface area (Å²) in [6.07, 6.45) is 0. The van der Waals surface area contributed by atoms with Gasteiger partial charge in [0.15, 0.2) is 0 Å². The van der Waals surface area contributed by atoms with Crippen molar-refractivity contribution in [3.63, 3.8) is 0 Å². The summed E-state index contributed by atoms with van der Waals surface area (Å²) in [5.74, 6) is 0.388. The maximum Gasteiger partial charge on any atom is 0.121 e. The third kappa shape index (κ3) is 2.10. The highest BCUT2D eigenvalue weighted by molar-refractivity contribution is 9.10. The van der Waals surface area contributed by atoms with E-state index in [9.17, 15) is 5.11 Å². The normalized spacial score (nSPS) is 21.1. The first-order chi connectivity index (χ1) is 7.61. The summed E-state index contributed by atoms with van der Waals surface area (Å²) >= 11 is 3.57. The maximum absolute atomic E-state index is 10.1. The van der Waals surface area contributed by atoms with Crippen LogP contribution in [0, 0.1) is 13.8 Å². The Morgan fingerprint density at radius 1 is 1.38 bits per heavy atom. The molecule has 2 rings (SSSR count). The van der Waals surface area contributed by atoms with E-state index < -0.39 is 0 Å². The van der Waals surface area contributed by atoms with Crippen molar-refractivity contribution in [2.75, 3.05) is 19.6 Å². The molecule has 3 nitrogen and oxygen atoms in total. The Morgan fingerprint density at radius 3 is 2.75 bits per heavy atom. The molecule has 1 aromatic carbocycles. The van der Waals surface area contributed by atoms with E-state index in [0.717, 1.165) is 40.8 Å². The van der Waals surface area contributed by atoms with Crippen LogP contribution < -0.4 is 10.6 Å². The van der Waals surface area contributed by atoms with Gasteiger partial charge in [0.05, 0.1) is 0 Å². The monoisotopic (exact) mass is 284 g/mol. The second-order valence-electron chi connectivity index (χ2n) is 4.28. The molecule has 1 atom stereocenters. The highest BCUT2D eigenvalue weighted by atomic mass is 79.9. The summed E-state index contributed by atoms with van der Waals surface area (Å²) in [5, 5.41) is 16.8. The van der Waals surface area contributed by atoms with Crippen LogP contribution in [0.3, 0.4) is 0 Å². The highest BCUT2D eigenvalue weighted by Gasteiger charge is 2.21. The Kier molecular flexibility index (Phi) is 3.52. The third-order valence-electron chi connectivity index (χ3n) is 3.10. The topological polar surface area (TPSA) is 44.3 Å². The average molecular weight is 285 g/mol. The number of halogens is 1. The van der Waals surface area contributed by atoms with Gasteiger partial charge in [-0.15, -0.1) is 0 Å². The van der Waals surface area contributed by atoms with Crippen LogP contribution in [0.2, 0.25) is 0 Å². The Bertz CT molecular complexity index is 400. The second kappa shape index (κ2) is 4.73. The van der Waals surface area contributed by atoms with Crippen LogP contribution in [0.1, 0.15) is 22.7 Å². The summed E-state index contributed by atoms with van der Waals surface area (Å²) in [7, 11) is 0. The first-order valence-electron chi connectivity index (χ1n) is 5.54. The van der Waals surface area contributed by atoms with E-state index in [1.54, 1.807) is 0 Å². The molecule has 1 aromatic rings. The molecule has 0 aromatic heterocycles. The van der Waals surface area contributed by atoms with E-state index in [0.29, 0.717) is 5.75 Å². The van der Waals surface area contributed by atoms with Crippen molar-refractivity contribution in [2.24, 2.45) is 0 Å². The van der Waals surface area contributed by atoms with E-state index in [1.165, 1.54) is 0 Å². The molecule has 0 unspecified atom stereocenters. The number of phenolic OH excluding ortho intramolecular Hbond substituents is 1. The number of aryl methyl sites for hydroxylation is 1. The molecule has 88 valence electrons. The fourth-order valence-corrected chi connectivity index (χ4v) is 2.58. The molecule has 4 heteroatoms. The van der Waals surface area contributed by atoms with E-state index in [2.05, 4.69) is 26.6 Å². The highest BCUT2D eigenvalue weighted by Crippen LogP contribution is 2.35. The zero-order chi connectivity index (χ0) is 11.7. The van der Waals surface area contributed by atoms with Crippen molar-refractivity contribution >= 4 is 15.9 Å². The lowest BCUT2D eigenvalue weighted by Gasteiger charge is -2.27. The summed E-state index contributed by atoms with van der Waals surface area (Å²) in [4.78, 5) is 0. The summed E-state index contributed by atoms with van der Waals surface area (Å²) in [5.41, 5.74) is 3.20. The van der Waals surface area contributed by atoms with Crippen LogP contribution in [-0.2, 0) is 0 Å². The van der Waals surface area contributed by atoms with Gasteiger partial charge in [-0.1, -0.05) is 15.9 Å². The van der Waals surface area contributed by atoms with E-state index in [-0.39, 0.29) is 6.04 Å². The first-order valence-corrected chi connectivity index (χ1v) is 6.33. The van der Waals surface area contributed by atoms with Gasteiger partial charge in [-0.05, 0) is 31.0 Å². The number of piperazine rings is 1. The minimum absolute atomic E-state index is 0.200. The number of phenols is 1. The lowest BCUT2D eigenvalue weighted by molar-refractivity contribution is 0.402. The van der Waals surface area contributed by atoms with Crippen LogP contribution >= 0.6 is 15.9 Å². The number of hydrogen-bond acceptors (Lipinski definition) is 3. The Morgan fingerprint density at radius 2 is 2.12 bits per heavy atom. The van der Waals surface area contributed by atoms with Crippen molar-refractivity contribution < 1.29 is 5.11 Å². The standard InChI is InChI=1S/C12H17BrN2O/c1-7-5-10(16)11(8(2)12(7)13)9-6-14-3-4-15-9/h5,9,14-16H,3-4,6H2,1-2H3/t9-/m1/s1. The lowest BCUT2D eigenvalue weighted by atomic mass is 9.97. The van der Waals surface area contributed by atoms with Crippen LogP contribution in [0.5, 0.6) is 5.75 Å². The van der Waals surface area contributed by atoms with Gasteiger partial charge in [0.2, 0.25) is 0 Å². The van der Waals surface area contributed by atoms with Gasteiger partial charge in [-0.3, -0.25) is 0 Å². The van der Waals surface area contributed by atoms with Gasteiger partial charge in [-0.2, -0.15) is 0 Å². The zero-order valence-electron chi connectivity index (χ0n) is 9.60. The van der Waals surface area contributed by atoms with Crippen molar-refractivity contribution in [1.82, 2.24) is 10.6 Å². The van der Waals surface area contributed by atoms with Gasteiger partial charge < -0.3 is 15.7 Å². The zero-order valence-corrected chi connectivity index (χ0v) is 11.2. The molecule has 0 radical (unpaired) electrons. The summed E-state index contributed by atoms with van der Waals surface area (Å²) in [6.45, 7) is 6.83. The third-order valence-corrected chi connectivity index (χ3v) is 4.32. The van der Waals surface area contributed by atoms with Crippen LogP contribution in [-0.4, -0.2) is 24.7 Å². The van der Waals surface area contributed by atoms with Gasteiger partial charge in [-0.25, -0.2) is 0 Å². The van der Waals surface area contributed by atoms with Crippen molar-refractivity contribution in [1.29, 1.82) is 0 Å². The first kappa shape index (κ1) is 11.9. The molecule has 3 N–H and O–H groups in total. The lowest BCUT2D eigenvalue weighted by Crippen LogP contribution is -2.42. The van der Waals surface area contributed by atoms with Crippen LogP contribution in [0.4, 0.5) is 0 Å². The molecule has 0 spiro atoms. The molecule has 1 aliphatic rings. The van der Waals surface area contributed by atoms with E-state index in [1.807, 2.05) is 19.9 Å². The van der Waals surface area contributed by atoms with Crippen molar-refractivity contribution in [2.45, 2.75) is 19.9 Å². The SMILES string of the molecule is Cc1cc(O)c([C@H]2CNCCN2)c(C)c1Br. The van der Waals surface area contributed by atoms with Gasteiger partial charge in [0, 0.05) is 35.7 Å². The number of hydrogen-bond donors (Lipinski definition) is 3. The number of nitrogens with one attached hydrogen (secondary N) is 2. The van der Waals surface area contributed by atoms with Crippen molar-refractivity contribution in [3.05, 3.63) is 27.2 Å². The molecule has 0 bridgehead atoms. The molecule has 1 fully saturated rings. The van der Waals surface area contributed by atoms with Gasteiger partial charge in [0.25, 0.3) is 0 Å². The molecule has 1 saturated heterocycles.